The molecule has 0 fully saturated rings. The van der Waals surface area contributed by atoms with Crippen molar-refractivity contribution in [2.75, 3.05) is 0 Å². The molecule has 0 unspecified atom stereocenters. The van der Waals surface area contributed by atoms with Crippen LogP contribution < -0.4 is 34.0 Å². The molecule has 0 saturated carbocycles. The Balaban J connectivity index is -0.000000213. The number of halogens is 2. The van der Waals surface area contributed by atoms with Crippen LogP contribution in [0, 0.1) is 0 Å². The fraction of sp³-hybridized carbons (Fsp3) is 0. The molecule has 1 aromatic carbocycles. The number of hydrogen-bond donors (Lipinski definition) is 2. The fourth-order valence-corrected chi connectivity index (χ4v) is 0.453. The van der Waals surface area contributed by atoms with Gasteiger partial charge in [-0.15, -0.1) is 0 Å². The Labute approximate surface area is 116 Å². The van der Waals surface area contributed by atoms with E-state index in [1.54, 1.807) is 0 Å². The summed E-state index contributed by atoms with van der Waals surface area (Å²) < 4.78 is 0. The van der Waals surface area contributed by atoms with Crippen LogP contribution in [0.25, 0.3) is 0 Å². The van der Waals surface area contributed by atoms with Gasteiger partial charge in [0, 0.05) is 0 Å². The first-order valence-electron chi connectivity index (χ1n) is 2.27. The molecule has 0 saturated heterocycles. The van der Waals surface area contributed by atoms with Crippen molar-refractivity contribution in [1.82, 2.24) is 0 Å². The van der Waals surface area contributed by atoms with Crippen LogP contribution >= 0.6 is 0 Å². The smallest absolute Gasteiger partial charge is 1.00 e. The summed E-state index contributed by atoms with van der Waals surface area (Å²) in [6, 6.07) is 5.70. The van der Waals surface area contributed by atoms with E-state index in [9.17, 15) is 0 Å². The van der Waals surface area contributed by atoms with Crippen LogP contribution in [0.5, 0.6) is 11.5 Å². The molecule has 0 amide bonds. The van der Waals surface area contributed by atoms with Crippen LogP contribution in [-0.2, 0) is 0 Å². The van der Waals surface area contributed by atoms with Crippen LogP contribution in [0.2, 0.25) is 0 Å². The molecule has 0 aromatic heterocycles. The molecular formula is C6H6Br2CaO2. The quantitative estimate of drug-likeness (QED) is 0.371. The molecule has 1 rings (SSSR count). The monoisotopic (exact) mass is 308 g/mol. The number of phenolic OH excluding ortho intramolecular Hbond substituents is 2. The van der Waals surface area contributed by atoms with Crippen LogP contribution in [0.15, 0.2) is 24.3 Å². The number of benzene rings is 1. The van der Waals surface area contributed by atoms with Crippen molar-refractivity contribution < 1.29 is 44.2 Å². The maximum atomic E-state index is 8.65. The summed E-state index contributed by atoms with van der Waals surface area (Å²) in [7, 11) is 0. The molecule has 5 heteroatoms. The minimum atomic E-state index is 0. The minimum Gasteiger partial charge on any atom is -1.00 e. The van der Waals surface area contributed by atoms with Gasteiger partial charge < -0.3 is 44.2 Å². The van der Waals surface area contributed by atoms with Gasteiger partial charge in [0.2, 0.25) is 0 Å². The van der Waals surface area contributed by atoms with Crippen LogP contribution in [0.4, 0.5) is 0 Å². The van der Waals surface area contributed by atoms with E-state index in [4.69, 9.17) is 10.2 Å². The Bertz CT molecular complexity index is 157. The number of hydrogen-bond acceptors (Lipinski definition) is 2. The maximum Gasteiger partial charge on any atom is 2.00 e. The van der Waals surface area contributed by atoms with Gasteiger partial charge in [0.1, 0.15) is 11.5 Å². The second-order valence-electron chi connectivity index (χ2n) is 1.52. The molecule has 0 radical (unpaired) electrons. The van der Waals surface area contributed by atoms with Crippen molar-refractivity contribution in [2.24, 2.45) is 0 Å². The first kappa shape index (κ1) is 18.0. The van der Waals surface area contributed by atoms with Crippen LogP contribution in [0.3, 0.4) is 0 Å². The average molecular weight is 310 g/mol. The normalized spacial score (nSPS) is 6.55. The SMILES string of the molecule is Oc1ccc(O)cc1.[Br-].[Br-].[Ca+2]. The topological polar surface area (TPSA) is 40.5 Å². The predicted molar refractivity (Wildman–Crippen MR) is 35.5 cm³/mol. The zero-order valence-electron chi connectivity index (χ0n) is 5.67. The maximum absolute atomic E-state index is 8.65. The zero-order valence-corrected chi connectivity index (χ0v) is 11.0. The van der Waals surface area contributed by atoms with Gasteiger partial charge in [0.05, 0.1) is 0 Å². The second-order valence-corrected chi connectivity index (χ2v) is 1.52. The molecule has 0 bridgehead atoms. The third-order valence-electron chi connectivity index (χ3n) is 0.850. The van der Waals surface area contributed by atoms with Gasteiger partial charge in [-0.05, 0) is 24.3 Å². The van der Waals surface area contributed by atoms with Crippen molar-refractivity contribution >= 4 is 37.7 Å². The summed E-state index contributed by atoms with van der Waals surface area (Å²) in [5.41, 5.74) is 0. The average Bonchev–Trinajstić information content (AvgIpc) is 1.77. The van der Waals surface area contributed by atoms with E-state index in [2.05, 4.69) is 0 Å². The number of aromatic hydroxyl groups is 2. The molecule has 2 nitrogen and oxygen atoms in total. The van der Waals surface area contributed by atoms with E-state index in [0.717, 1.165) is 0 Å². The van der Waals surface area contributed by atoms with E-state index < -0.39 is 0 Å². The zero-order chi connectivity index (χ0) is 5.98. The Morgan fingerprint density at radius 3 is 1.09 bits per heavy atom. The van der Waals surface area contributed by atoms with E-state index in [-0.39, 0.29) is 83.2 Å². The molecule has 0 atom stereocenters. The third-order valence-corrected chi connectivity index (χ3v) is 0.850. The third kappa shape index (κ3) is 7.40. The largest absolute Gasteiger partial charge is 2.00 e. The molecule has 2 N–H and O–H groups in total. The number of phenols is 2. The summed E-state index contributed by atoms with van der Waals surface area (Å²) in [5, 5.41) is 17.3. The van der Waals surface area contributed by atoms with Crippen LogP contribution in [0.1, 0.15) is 0 Å². The van der Waals surface area contributed by atoms with Gasteiger partial charge >= 0.3 is 37.7 Å². The fourth-order valence-electron chi connectivity index (χ4n) is 0.453. The Morgan fingerprint density at radius 1 is 0.727 bits per heavy atom. The van der Waals surface area contributed by atoms with Gasteiger partial charge in [-0.1, -0.05) is 0 Å². The van der Waals surface area contributed by atoms with Crippen molar-refractivity contribution in [3.05, 3.63) is 24.3 Å². The van der Waals surface area contributed by atoms with Gasteiger partial charge in [-0.3, -0.25) is 0 Å². The van der Waals surface area contributed by atoms with Crippen molar-refractivity contribution in [1.29, 1.82) is 0 Å². The summed E-state index contributed by atoms with van der Waals surface area (Å²) in [4.78, 5) is 0. The van der Waals surface area contributed by atoms with E-state index in [0.29, 0.717) is 0 Å². The summed E-state index contributed by atoms with van der Waals surface area (Å²) >= 11 is 0. The number of rotatable bonds is 0. The first-order chi connectivity index (χ1) is 3.79. The Hall–Kier alpha value is 1.04. The minimum absolute atomic E-state index is 0. The van der Waals surface area contributed by atoms with Gasteiger partial charge in [0.15, 0.2) is 0 Å². The van der Waals surface area contributed by atoms with Crippen molar-refractivity contribution in [2.45, 2.75) is 0 Å². The predicted octanol–water partition coefficient (Wildman–Crippen LogP) is -5.27. The molecule has 0 aliphatic heterocycles. The Morgan fingerprint density at radius 2 is 0.909 bits per heavy atom. The van der Waals surface area contributed by atoms with E-state index >= 15 is 0 Å². The molecule has 0 aliphatic carbocycles. The van der Waals surface area contributed by atoms with Gasteiger partial charge in [-0.25, -0.2) is 0 Å². The molecular weight excluding hydrogens is 304 g/mol. The Kier molecular flexibility index (Phi) is 14.9. The van der Waals surface area contributed by atoms with Crippen molar-refractivity contribution in [3.63, 3.8) is 0 Å². The molecule has 1 aromatic rings. The van der Waals surface area contributed by atoms with E-state index in [1.807, 2.05) is 0 Å². The molecule has 58 valence electrons. The second kappa shape index (κ2) is 9.13. The van der Waals surface area contributed by atoms with Crippen molar-refractivity contribution in [3.8, 4) is 11.5 Å². The summed E-state index contributed by atoms with van der Waals surface area (Å²) in [6.07, 6.45) is 0. The van der Waals surface area contributed by atoms with Crippen LogP contribution in [-0.4, -0.2) is 48.0 Å². The molecule has 0 spiro atoms. The molecule has 11 heavy (non-hydrogen) atoms. The standard InChI is InChI=1S/C6H6O2.2BrH.Ca/c7-5-1-2-6(8)4-3-5;;;/h1-4,7-8H;2*1H;/q;;;+2/p-2. The first-order valence-corrected chi connectivity index (χ1v) is 2.27. The van der Waals surface area contributed by atoms with E-state index in [1.165, 1.54) is 24.3 Å². The summed E-state index contributed by atoms with van der Waals surface area (Å²) in [5.74, 6) is 0.339. The molecule has 0 heterocycles. The van der Waals surface area contributed by atoms with Gasteiger partial charge in [-0.2, -0.15) is 0 Å². The summed E-state index contributed by atoms with van der Waals surface area (Å²) in [6.45, 7) is 0. The molecule has 0 aliphatic rings. The van der Waals surface area contributed by atoms with Gasteiger partial charge in [0.25, 0.3) is 0 Å².